The van der Waals surface area contributed by atoms with E-state index in [1.807, 2.05) is 24.3 Å². The van der Waals surface area contributed by atoms with Crippen LogP contribution in [0.2, 0.25) is 0 Å². The minimum atomic E-state index is 0.0831. The Kier molecular flexibility index (Phi) is 5.56. The molecule has 0 aliphatic carbocycles. The van der Waals surface area contributed by atoms with E-state index in [9.17, 15) is 4.79 Å². The third kappa shape index (κ3) is 4.32. The van der Waals surface area contributed by atoms with Crippen molar-refractivity contribution in [3.05, 3.63) is 29.8 Å². The molecule has 0 unspecified atom stereocenters. The first-order valence-electron chi connectivity index (χ1n) is 7.60. The lowest BCUT2D eigenvalue weighted by molar-refractivity contribution is -1.01. The van der Waals surface area contributed by atoms with Crippen molar-refractivity contribution in [3.8, 4) is 5.75 Å². The smallest absolute Gasteiger partial charge is 0.159 e. The number of benzene rings is 1. The van der Waals surface area contributed by atoms with Crippen molar-refractivity contribution in [2.24, 2.45) is 0 Å². The molecule has 0 radical (unpaired) electrons. The topological polar surface area (TPSA) is 35.2 Å². The van der Waals surface area contributed by atoms with Gasteiger partial charge in [0.15, 0.2) is 5.78 Å². The van der Waals surface area contributed by atoms with Crippen LogP contribution in [0.1, 0.15) is 24.2 Å². The maximum Gasteiger partial charge on any atom is 0.159 e. The number of Topliss-reactive ketones (excluding diaryl/α,β-unsaturated/α-hetero) is 1. The number of carbonyl (C=O) groups is 1. The lowest BCUT2D eigenvalue weighted by Crippen LogP contribution is -3.28. The Labute approximate surface area is 121 Å². The van der Waals surface area contributed by atoms with Crippen molar-refractivity contribution < 1.29 is 19.3 Å². The highest BCUT2D eigenvalue weighted by Crippen LogP contribution is 2.13. The maximum absolute atomic E-state index is 11.3. The van der Waals surface area contributed by atoms with Gasteiger partial charge in [0.1, 0.15) is 45.1 Å². The van der Waals surface area contributed by atoms with E-state index < -0.39 is 0 Å². The molecule has 1 saturated heterocycles. The van der Waals surface area contributed by atoms with Crippen molar-refractivity contribution in [2.75, 3.05) is 45.9 Å². The summed E-state index contributed by atoms with van der Waals surface area (Å²) in [6.07, 6.45) is 0. The zero-order valence-corrected chi connectivity index (χ0v) is 12.6. The lowest BCUT2D eigenvalue weighted by atomic mass is 10.1. The van der Waals surface area contributed by atoms with Crippen molar-refractivity contribution in [1.29, 1.82) is 0 Å². The molecular weight excluding hydrogens is 252 g/mol. The minimum absolute atomic E-state index is 0.0831. The van der Waals surface area contributed by atoms with Gasteiger partial charge >= 0.3 is 0 Å². The molecule has 0 aromatic heterocycles. The van der Waals surface area contributed by atoms with Crippen LogP contribution in [0.4, 0.5) is 0 Å². The number of likely N-dealkylation sites (N-methyl/N-ethyl adjacent to an activating group) is 1. The second kappa shape index (κ2) is 7.41. The van der Waals surface area contributed by atoms with E-state index >= 15 is 0 Å². The zero-order valence-electron chi connectivity index (χ0n) is 12.6. The molecule has 1 aromatic rings. The van der Waals surface area contributed by atoms with Gasteiger partial charge in [0.25, 0.3) is 0 Å². The molecule has 1 fully saturated rings. The van der Waals surface area contributed by atoms with Crippen LogP contribution < -0.4 is 14.5 Å². The lowest BCUT2D eigenvalue weighted by Gasteiger charge is -2.28. The van der Waals surface area contributed by atoms with Gasteiger partial charge in [-0.05, 0) is 26.0 Å². The molecular formula is C16H26N2O2+2. The number of nitrogens with one attached hydrogen (secondary N) is 2. The molecule has 20 heavy (non-hydrogen) atoms. The predicted octanol–water partition coefficient (Wildman–Crippen LogP) is -0.929. The molecule has 4 heteroatoms. The molecule has 0 saturated carbocycles. The van der Waals surface area contributed by atoms with E-state index in [0.29, 0.717) is 0 Å². The van der Waals surface area contributed by atoms with Crippen LogP contribution in [0.3, 0.4) is 0 Å². The van der Waals surface area contributed by atoms with E-state index in [1.54, 1.807) is 16.7 Å². The Morgan fingerprint density at radius 2 is 1.90 bits per heavy atom. The minimum Gasteiger partial charge on any atom is -0.488 e. The highest BCUT2D eigenvalue weighted by atomic mass is 16.5. The van der Waals surface area contributed by atoms with Crippen LogP contribution in [0.25, 0.3) is 0 Å². The summed E-state index contributed by atoms with van der Waals surface area (Å²) < 4.78 is 5.77. The summed E-state index contributed by atoms with van der Waals surface area (Å²) in [7, 11) is 0. The van der Waals surface area contributed by atoms with E-state index in [1.165, 1.54) is 32.7 Å². The Balaban J connectivity index is 1.73. The Morgan fingerprint density at radius 3 is 2.55 bits per heavy atom. The Hall–Kier alpha value is -1.39. The highest BCUT2D eigenvalue weighted by Gasteiger charge is 2.20. The van der Waals surface area contributed by atoms with Gasteiger partial charge in [0.05, 0.1) is 6.54 Å². The predicted molar refractivity (Wildman–Crippen MR) is 78.7 cm³/mol. The standard InChI is InChI=1S/C16H24N2O2/c1-3-17-7-9-18(10-8-17)11-12-20-16-6-4-5-15(13-16)14(2)19/h4-6,13H,3,7-12H2,1-2H3/p+2. The summed E-state index contributed by atoms with van der Waals surface area (Å²) in [5.74, 6) is 0.884. The van der Waals surface area contributed by atoms with Gasteiger partial charge in [-0.1, -0.05) is 12.1 Å². The van der Waals surface area contributed by atoms with Gasteiger partial charge in [-0.15, -0.1) is 0 Å². The molecule has 0 bridgehead atoms. The quantitative estimate of drug-likeness (QED) is 0.660. The summed E-state index contributed by atoms with van der Waals surface area (Å²) in [5.41, 5.74) is 0.718. The number of piperazine rings is 1. The fourth-order valence-electron chi connectivity index (χ4n) is 2.68. The fourth-order valence-corrected chi connectivity index (χ4v) is 2.68. The molecule has 2 rings (SSSR count). The van der Waals surface area contributed by atoms with Gasteiger partial charge in [-0.25, -0.2) is 0 Å². The van der Waals surface area contributed by atoms with Gasteiger partial charge in [-0.2, -0.15) is 0 Å². The maximum atomic E-state index is 11.3. The number of quaternary nitrogens is 2. The van der Waals surface area contributed by atoms with Crippen molar-refractivity contribution in [3.63, 3.8) is 0 Å². The second-order valence-electron chi connectivity index (χ2n) is 5.54. The van der Waals surface area contributed by atoms with Crippen LogP contribution in [-0.4, -0.2) is 51.7 Å². The molecule has 2 N–H and O–H groups in total. The normalized spacial score (nSPS) is 22.5. The summed E-state index contributed by atoms with van der Waals surface area (Å²) in [5, 5.41) is 0. The fraction of sp³-hybridized carbons (Fsp3) is 0.562. The van der Waals surface area contributed by atoms with Gasteiger partial charge in [0, 0.05) is 5.56 Å². The third-order valence-corrected chi connectivity index (χ3v) is 4.13. The summed E-state index contributed by atoms with van der Waals surface area (Å²) in [6, 6.07) is 7.45. The first kappa shape index (κ1) is 15.0. The molecule has 110 valence electrons. The Morgan fingerprint density at radius 1 is 1.20 bits per heavy atom. The van der Waals surface area contributed by atoms with Crippen LogP contribution >= 0.6 is 0 Å². The van der Waals surface area contributed by atoms with Crippen LogP contribution in [0.5, 0.6) is 5.75 Å². The molecule has 1 aliphatic rings. The average molecular weight is 278 g/mol. The van der Waals surface area contributed by atoms with Gasteiger partial charge in [-0.3, -0.25) is 4.79 Å². The average Bonchev–Trinajstić information content (AvgIpc) is 2.48. The largest absolute Gasteiger partial charge is 0.488 e. The number of hydrogen-bond donors (Lipinski definition) is 2. The van der Waals surface area contributed by atoms with Crippen molar-refractivity contribution in [1.82, 2.24) is 0 Å². The van der Waals surface area contributed by atoms with E-state index in [-0.39, 0.29) is 5.78 Å². The number of hydrogen-bond acceptors (Lipinski definition) is 2. The first-order valence-corrected chi connectivity index (χ1v) is 7.60. The molecule has 1 heterocycles. The van der Waals surface area contributed by atoms with E-state index in [4.69, 9.17) is 4.74 Å². The molecule has 0 atom stereocenters. The van der Waals surface area contributed by atoms with E-state index in [2.05, 4.69) is 6.92 Å². The number of carbonyl (C=O) groups excluding carboxylic acids is 1. The number of ketones is 1. The first-order chi connectivity index (χ1) is 9.69. The van der Waals surface area contributed by atoms with E-state index in [0.717, 1.165) is 24.5 Å². The Bertz CT molecular complexity index is 440. The monoisotopic (exact) mass is 278 g/mol. The molecule has 0 amide bonds. The summed E-state index contributed by atoms with van der Waals surface area (Å²) in [4.78, 5) is 14.7. The van der Waals surface area contributed by atoms with Crippen molar-refractivity contribution in [2.45, 2.75) is 13.8 Å². The molecule has 1 aliphatic heterocycles. The molecule has 0 spiro atoms. The van der Waals surface area contributed by atoms with Gasteiger partial charge in [0.2, 0.25) is 0 Å². The number of rotatable bonds is 6. The second-order valence-corrected chi connectivity index (χ2v) is 5.54. The summed E-state index contributed by atoms with van der Waals surface area (Å²) >= 11 is 0. The van der Waals surface area contributed by atoms with Gasteiger partial charge < -0.3 is 14.5 Å². The van der Waals surface area contributed by atoms with Crippen LogP contribution in [0.15, 0.2) is 24.3 Å². The molecule has 1 aromatic carbocycles. The third-order valence-electron chi connectivity index (χ3n) is 4.13. The van der Waals surface area contributed by atoms with Crippen molar-refractivity contribution >= 4 is 5.78 Å². The number of ether oxygens (including phenoxy) is 1. The highest BCUT2D eigenvalue weighted by molar-refractivity contribution is 5.94. The van der Waals surface area contributed by atoms with Crippen LogP contribution in [-0.2, 0) is 0 Å². The van der Waals surface area contributed by atoms with Crippen LogP contribution in [0, 0.1) is 0 Å². The zero-order chi connectivity index (χ0) is 14.4. The molecule has 4 nitrogen and oxygen atoms in total. The SMILES string of the molecule is CC[NH+]1CC[NH+](CCOc2cccc(C(C)=O)c2)CC1. The summed E-state index contributed by atoms with van der Waals surface area (Å²) in [6.45, 7) is 11.8.